The summed E-state index contributed by atoms with van der Waals surface area (Å²) in [5.41, 5.74) is 2.17. The Kier molecular flexibility index (Phi) is 5.48. The van der Waals surface area contributed by atoms with Crippen LogP contribution < -0.4 is 10.2 Å². The second kappa shape index (κ2) is 8.40. The molecule has 1 N–H and O–H groups in total. The highest BCUT2D eigenvalue weighted by Gasteiger charge is 2.51. The number of hydrazine groups is 1. The molecule has 1 unspecified atom stereocenters. The Morgan fingerprint density at radius 2 is 1.60 bits per heavy atom. The van der Waals surface area contributed by atoms with Gasteiger partial charge in [0.1, 0.15) is 5.54 Å². The van der Waals surface area contributed by atoms with Crippen molar-refractivity contribution in [3.63, 3.8) is 0 Å². The number of rotatable bonds is 4. The Balaban J connectivity index is 1.30. The number of hydrogen-bond donors (Lipinski definition) is 1. The largest absolute Gasteiger partial charge is 0.339 e. The van der Waals surface area contributed by atoms with Crippen LogP contribution in [-0.4, -0.2) is 53.8 Å². The van der Waals surface area contributed by atoms with Crippen molar-refractivity contribution in [2.75, 3.05) is 31.2 Å². The summed E-state index contributed by atoms with van der Waals surface area (Å²) in [6, 6.07) is 21.8. The Labute approximate surface area is 179 Å². The van der Waals surface area contributed by atoms with Gasteiger partial charge in [0, 0.05) is 31.4 Å². The SMILES string of the molecule is O=C1NCN(c2ccccc2)C12CCN(N1CCCCC1Cc1ccccc1)CC2. The molecule has 158 valence electrons. The molecule has 0 saturated carbocycles. The number of para-hydroxylation sites is 1. The van der Waals surface area contributed by atoms with Gasteiger partial charge < -0.3 is 10.2 Å². The molecule has 5 rings (SSSR count). The molecule has 2 aromatic carbocycles. The summed E-state index contributed by atoms with van der Waals surface area (Å²) in [5.74, 6) is 0.200. The summed E-state index contributed by atoms with van der Waals surface area (Å²) < 4.78 is 0. The molecule has 1 atom stereocenters. The van der Waals surface area contributed by atoms with Crippen molar-refractivity contribution in [2.45, 2.75) is 50.1 Å². The quantitative estimate of drug-likeness (QED) is 0.848. The highest BCUT2D eigenvalue weighted by atomic mass is 16.2. The van der Waals surface area contributed by atoms with Gasteiger partial charge in [-0.1, -0.05) is 55.0 Å². The van der Waals surface area contributed by atoms with Crippen molar-refractivity contribution < 1.29 is 4.79 Å². The van der Waals surface area contributed by atoms with Crippen LogP contribution in [0, 0.1) is 0 Å². The number of nitrogens with one attached hydrogen (secondary N) is 1. The van der Waals surface area contributed by atoms with Gasteiger partial charge in [0.25, 0.3) is 0 Å². The van der Waals surface area contributed by atoms with E-state index in [1.807, 2.05) is 6.07 Å². The van der Waals surface area contributed by atoms with E-state index in [2.05, 4.69) is 74.8 Å². The fourth-order valence-electron chi connectivity index (χ4n) is 5.61. The van der Waals surface area contributed by atoms with Gasteiger partial charge in [-0.15, -0.1) is 0 Å². The third-order valence-corrected chi connectivity index (χ3v) is 7.25. The van der Waals surface area contributed by atoms with Crippen LogP contribution in [0.1, 0.15) is 37.7 Å². The second-order valence-corrected chi connectivity index (χ2v) is 8.92. The second-order valence-electron chi connectivity index (χ2n) is 8.92. The van der Waals surface area contributed by atoms with Crippen molar-refractivity contribution in [1.82, 2.24) is 15.3 Å². The van der Waals surface area contributed by atoms with E-state index in [0.29, 0.717) is 12.7 Å². The molecule has 0 aliphatic carbocycles. The third kappa shape index (κ3) is 3.61. The fraction of sp³-hybridized carbons (Fsp3) is 0.480. The van der Waals surface area contributed by atoms with E-state index >= 15 is 0 Å². The van der Waals surface area contributed by atoms with E-state index in [0.717, 1.165) is 44.6 Å². The van der Waals surface area contributed by atoms with Crippen molar-refractivity contribution >= 4 is 11.6 Å². The van der Waals surface area contributed by atoms with Crippen LogP contribution in [0.15, 0.2) is 60.7 Å². The van der Waals surface area contributed by atoms with Gasteiger partial charge in [0.2, 0.25) is 5.91 Å². The lowest BCUT2D eigenvalue weighted by molar-refractivity contribution is -0.131. The van der Waals surface area contributed by atoms with Crippen LogP contribution in [0.2, 0.25) is 0 Å². The first-order valence-electron chi connectivity index (χ1n) is 11.4. The summed E-state index contributed by atoms with van der Waals surface area (Å²) in [7, 11) is 0. The predicted octanol–water partition coefficient (Wildman–Crippen LogP) is 3.43. The summed E-state index contributed by atoms with van der Waals surface area (Å²) in [4.78, 5) is 15.2. The normalized spacial score (nSPS) is 24.9. The average Bonchev–Trinajstić information content (AvgIpc) is 3.11. The molecule has 5 heteroatoms. The molecule has 30 heavy (non-hydrogen) atoms. The lowest BCUT2D eigenvalue weighted by Crippen LogP contribution is -2.61. The van der Waals surface area contributed by atoms with Crippen LogP contribution >= 0.6 is 0 Å². The van der Waals surface area contributed by atoms with E-state index in [1.54, 1.807) is 0 Å². The minimum absolute atomic E-state index is 0.200. The number of benzene rings is 2. The molecule has 1 spiro atoms. The molecule has 5 nitrogen and oxygen atoms in total. The standard InChI is InChI=1S/C25H32N4O/c30-24-25(28(20-26-24)22-11-5-2-6-12-22)14-17-27(18-15-25)29-16-8-7-13-23(29)19-21-9-3-1-4-10-21/h1-6,9-12,23H,7-8,13-20H2,(H,26,30). The van der Waals surface area contributed by atoms with Crippen molar-refractivity contribution in [3.05, 3.63) is 66.2 Å². The first-order valence-corrected chi connectivity index (χ1v) is 11.4. The molecule has 0 aromatic heterocycles. The molecule has 3 aliphatic heterocycles. The van der Waals surface area contributed by atoms with Gasteiger partial charge in [-0.3, -0.25) is 4.79 Å². The van der Waals surface area contributed by atoms with Gasteiger partial charge >= 0.3 is 0 Å². The number of carbonyl (C=O) groups is 1. The van der Waals surface area contributed by atoms with E-state index in [9.17, 15) is 4.79 Å². The van der Waals surface area contributed by atoms with Gasteiger partial charge in [0.05, 0.1) is 6.67 Å². The highest BCUT2D eigenvalue weighted by Crippen LogP contribution is 2.37. The van der Waals surface area contributed by atoms with Crippen molar-refractivity contribution in [2.24, 2.45) is 0 Å². The summed E-state index contributed by atoms with van der Waals surface area (Å²) in [6.07, 6.45) is 6.70. The van der Waals surface area contributed by atoms with E-state index in [4.69, 9.17) is 0 Å². The molecule has 0 bridgehead atoms. The lowest BCUT2D eigenvalue weighted by atomic mass is 9.86. The molecule has 1 amide bonds. The van der Waals surface area contributed by atoms with Crippen LogP contribution in [0.25, 0.3) is 0 Å². The Bertz CT molecular complexity index is 848. The number of anilines is 1. The third-order valence-electron chi connectivity index (χ3n) is 7.25. The summed E-state index contributed by atoms with van der Waals surface area (Å²) in [5, 5.41) is 8.30. The van der Waals surface area contributed by atoms with Crippen molar-refractivity contribution in [1.29, 1.82) is 0 Å². The number of carbonyl (C=O) groups excluding carboxylic acids is 1. The van der Waals surface area contributed by atoms with Gasteiger partial charge in [-0.25, -0.2) is 10.0 Å². The van der Waals surface area contributed by atoms with Crippen molar-refractivity contribution in [3.8, 4) is 0 Å². The monoisotopic (exact) mass is 404 g/mol. The summed E-state index contributed by atoms with van der Waals surface area (Å²) in [6.45, 7) is 3.65. The molecular weight excluding hydrogens is 372 g/mol. The highest BCUT2D eigenvalue weighted by molar-refractivity contribution is 5.93. The zero-order valence-corrected chi connectivity index (χ0v) is 17.7. The number of nitrogens with zero attached hydrogens (tertiary/aromatic N) is 3. The molecular formula is C25H32N4O. The Hall–Kier alpha value is -2.37. The Morgan fingerprint density at radius 3 is 2.33 bits per heavy atom. The maximum Gasteiger partial charge on any atom is 0.247 e. The lowest BCUT2D eigenvalue weighted by Gasteiger charge is -2.49. The molecule has 3 saturated heterocycles. The molecule has 0 radical (unpaired) electrons. The van der Waals surface area contributed by atoms with Crippen LogP contribution in [-0.2, 0) is 11.2 Å². The molecule has 3 heterocycles. The van der Waals surface area contributed by atoms with Gasteiger partial charge in [-0.05, 0) is 49.8 Å². The summed E-state index contributed by atoms with van der Waals surface area (Å²) >= 11 is 0. The maximum atomic E-state index is 12.9. The average molecular weight is 405 g/mol. The maximum absolute atomic E-state index is 12.9. The van der Waals surface area contributed by atoms with E-state index in [-0.39, 0.29) is 5.91 Å². The molecule has 2 aromatic rings. The number of amides is 1. The van der Waals surface area contributed by atoms with E-state index < -0.39 is 5.54 Å². The minimum Gasteiger partial charge on any atom is -0.339 e. The number of piperidine rings is 2. The fourth-order valence-corrected chi connectivity index (χ4v) is 5.61. The number of hydrogen-bond acceptors (Lipinski definition) is 4. The van der Waals surface area contributed by atoms with Crippen LogP contribution in [0.3, 0.4) is 0 Å². The van der Waals surface area contributed by atoms with Gasteiger partial charge in [0.15, 0.2) is 0 Å². The first-order chi connectivity index (χ1) is 14.8. The topological polar surface area (TPSA) is 38.8 Å². The predicted molar refractivity (Wildman–Crippen MR) is 120 cm³/mol. The zero-order valence-electron chi connectivity index (χ0n) is 17.7. The smallest absolute Gasteiger partial charge is 0.247 e. The van der Waals surface area contributed by atoms with E-state index in [1.165, 1.54) is 24.8 Å². The zero-order chi connectivity index (χ0) is 20.4. The first kappa shape index (κ1) is 19.6. The van der Waals surface area contributed by atoms with Crippen LogP contribution in [0.5, 0.6) is 0 Å². The molecule has 3 aliphatic rings. The Morgan fingerprint density at radius 1 is 0.900 bits per heavy atom. The molecule has 3 fully saturated rings. The van der Waals surface area contributed by atoms with Gasteiger partial charge in [-0.2, -0.15) is 0 Å². The minimum atomic E-state index is -0.400. The van der Waals surface area contributed by atoms with Crippen LogP contribution in [0.4, 0.5) is 5.69 Å².